The first kappa shape index (κ1) is 15.4. The van der Waals surface area contributed by atoms with Crippen LogP contribution >= 0.6 is 11.8 Å². The van der Waals surface area contributed by atoms with Crippen LogP contribution in [-0.4, -0.2) is 11.5 Å². The molecule has 2 aromatic rings. The number of nitrogens with zero attached hydrogens (tertiary/aromatic N) is 1. The van der Waals surface area contributed by atoms with Crippen molar-refractivity contribution in [2.75, 3.05) is 11.9 Å². The molecule has 0 amide bonds. The maximum absolute atomic E-state index is 11.0. The third kappa shape index (κ3) is 4.53. The molecule has 21 heavy (non-hydrogen) atoms. The highest BCUT2D eigenvalue weighted by molar-refractivity contribution is 7.97. The summed E-state index contributed by atoms with van der Waals surface area (Å²) in [6, 6.07) is 9.06. The van der Waals surface area contributed by atoms with Crippen molar-refractivity contribution in [3.8, 4) is 0 Å². The SMILES string of the molecule is CCCNc1cc(CSCc2ccco2)ccc1[N+](=O)[O-]. The smallest absolute Gasteiger partial charge is 0.292 e. The second-order valence-corrected chi connectivity index (χ2v) is 5.59. The van der Waals surface area contributed by atoms with Gasteiger partial charge in [0.1, 0.15) is 11.4 Å². The van der Waals surface area contributed by atoms with E-state index in [1.165, 1.54) is 0 Å². The van der Waals surface area contributed by atoms with E-state index in [1.807, 2.05) is 31.2 Å². The minimum Gasteiger partial charge on any atom is -0.468 e. The summed E-state index contributed by atoms with van der Waals surface area (Å²) in [7, 11) is 0. The normalized spacial score (nSPS) is 10.5. The highest BCUT2D eigenvalue weighted by Crippen LogP contribution is 2.28. The van der Waals surface area contributed by atoms with Crippen LogP contribution in [0, 0.1) is 10.1 Å². The lowest BCUT2D eigenvalue weighted by Gasteiger charge is -2.08. The quantitative estimate of drug-likeness (QED) is 0.576. The van der Waals surface area contributed by atoms with Crippen molar-refractivity contribution < 1.29 is 9.34 Å². The van der Waals surface area contributed by atoms with Crippen molar-refractivity contribution in [1.29, 1.82) is 0 Å². The van der Waals surface area contributed by atoms with Crippen molar-refractivity contribution in [2.45, 2.75) is 24.9 Å². The number of furan rings is 1. The Balaban J connectivity index is 2.00. The number of anilines is 1. The van der Waals surface area contributed by atoms with Crippen LogP contribution in [0.4, 0.5) is 11.4 Å². The molecule has 0 aliphatic carbocycles. The van der Waals surface area contributed by atoms with Gasteiger partial charge < -0.3 is 9.73 Å². The van der Waals surface area contributed by atoms with Gasteiger partial charge in [0.15, 0.2) is 0 Å². The summed E-state index contributed by atoms with van der Waals surface area (Å²) < 4.78 is 5.28. The zero-order valence-electron chi connectivity index (χ0n) is 11.9. The molecule has 1 heterocycles. The van der Waals surface area contributed by atoms with E-state index >= 15 is 0 Å². The van der Waals surface area contributed by atoms with Crippen molar-refractivity contribution in [3.05, 3.63) is 58.0 Å². The van der Waals surface area contributed by atoms with Crippen LogP contribution in [0.25, 0.3) is 0 Å². The van der Waals surface area contributed by atoms with Gasteiger partial charge >= 0.3 is 0 Å². The molecule has 0 radical (unpaired) electrons. The number of nitro benzene ring substituents is 1. The van der Waals surface area contributed by atoms with Crippen LogP contribution < -0.4 is 5.32 Å². The predicted molar refractivity (Wildman–Crippen MR) is 85.6 cm³/mol. The molecule has 0 saturated heterocycles. The van der Waals surface area contributed by atoms with E-state index in [4.69, 9.17) is 4.42 Å². The Bertz CT molecular complexity index is 585. The van der Waals surface area contributed by atoms with Crippen LogP contribution in [0.3, 0.4) is 0 Å². The average Bonchev–Trinajstić information content (AvgIpc) is 2.98. The van der Waals surface area contributed by atoms with Gasteiger partial charge in [-0.25, -0.2) is 0 Å². The van der Waals surface area contributed by atoms with Gasteiger partial charge in [0.2, 0.25) is 0 Å². The van der Waals surface area contributed by atoms with Crippen LogP contribution in [0.1, 0.15) is 24.7 Å². The van der Waals surface area contributed by atoms with Gasteiger partial charge in [0, 0.05) is 18.4 Å². The number of nitrogens with one attached hydrogen (secondary N) is 1. The topological polar surface area (TPSA) is 68.3 Å². The molecule has 5 nitrogen and oxygen atoms in total. The lowest BCUT2D eigenvalue weighted by Crippen LogP contribution is -2.03. The summed E-state index contributed by atoms with van der Waals surface area (Å²) in [6.07, 6.45) is 2.59. The van der Waals surface area contributed by atoms with Crippen LogP contribution in [-0.2, 0) is 11.5 Å². The first-order valence-electron chi connectivity index (χ1n) is 6.82. The highest BCUT2D eigenvalue weighted by Gasteiger charge is 2.13. The zero-order valence-corrected chi connectivity index (χ0v) is 12.7. The van der Waals surface area contributed by atoms with Gasteiger partial charge in [0.05, 0.1) is 16.9 Å². The Morgan fingerprint density at radius 2 is 2.19 bits per heavy atom. The van der Waals surface area contributed by atoms with Gasteiger partial charge in [0.25, 0.3) is 5.69 Å². The Kier molecular flexibility index (Phi) is 5.68. The second-order valence-electron chi connectivity index (χ2n) is 4.61. The van der Waals surface area contributed by atoms with E-state index in [0.717, 1.165) is 35.8 Å². The monoisotopic (exact) mass is 306 g/mol. The summed E-state index contributed by atoms with van der Waals surface area (Å²) >= 11 is 1.72. The van der Waals surface area contributed by atoms with Gasteiger partial charge in [-0.05, 0) is 30.2 Å². The lowest BCUT2D eigenvalue weighted by atomic mass is 10.2. The first-order valence-corrected chi connectivity index (χ1v) is 7.97. The maximum Gasteiger partial charge on any atom is 0.292 e. The van der Waals surface area contributed by atoms with Crippen LogP contribution in [0.2, 0.25) is 0 Å². The van der Waals surface area contributed by atoms with Crippen LogP contribution in [0.5, 0.6) is 0 Å². The molecule has 112 valence electrons. The molecule has 0 atom stereocenters. The molecular weight excluding hydrogens is 288 g/mol. The summed E-state index contributed by atoms with van der Waals surface area (Å²) in [5.41, 5.74) is 1.79. The van der Waals surface area contributed by atoms with E-state index < -0.39 is 0 Å². The van der Waals surface area contributed by atoms with Gasteiger partial charge in [-0.1, -0.05) is 13.0 Å². The van der Waals surface area contributed by atoms with Crippen molar-refractivity contribution >= 4 is 23.1 Å². The Morgan fingerprint density at radius 1 is 1.33 bits per heavy atom. The van der Waals surface area contributed by atoms with Crippen molar-refractivity contribution in [2.24, 2.45) is 0 Å². The third-order valence-corrected chi connectivity index (χ3v) is 3.94. The molecule has 0 aliphatic heterocycles. The minimum absolute atomic E-state index is 0.128. The van der Waals surface area contributed by atoms with E-state index in [0.29, 0.717) is 5.69 Å². The average molecular weight is 306 g/mol. The number of hydrogen-bond donors (Lipinski definition) is 1. The van der Waals surface area contributed by atoms with E-state index in [1.54, 1.807) is 24.1 Å². The largest absolute Gasteiger partial charge is 0.468 e. The number of nitro groups is 1. The Hall–Kier alpha value is -1.95. The number of thioether (sulfide) groups is 1. The molecule has 1 aromatic heterocycles. The lowest BCUT2D eigenvalue weighted by molar-refractivity contribution is -0.384. The van der Waals surface area contributed by atoms with Crippen LogP contribution in [0.15, 0.2) is 41.0 Å². The molecule has 0 unspecified atom stereocenters. The molecule has 0 spiro atoms. The summed E-state index contributed by atoms with van der Waals surface area (Å²) in [5.74, 6) is 2.52. The molecule has 1 aromatic carbocycles. The summed E-state index contributed by atoms with van der Waals surface area (Å²) in [6.45, 7) is 2.76. The Labute approximate surface area is 127 Å². The zero-order chi connectivity index (χ0) is 15.1. The van der Waals surface area contributed by atoms with Crippen molar-refractivity contribution in [3.63, 3.8) is 0 Å². The first-order chi connectivity index (χ1) is 10.2. The fourth-order valence-corrected chi connectivity index (χ4v) is 2.78. The van der Waals surface area contributed by atoms with Crippen molar-refractivity contribution in [1.82, 2.24) is 0 Å². The summed E-state index contributed by atoms with van der Waals surface area (Å²) in [4.78, 5) is 10.7. The van der Waals surface area contributed by atoms with Gasteiger partial charge in [-0.15, -0.1) is 11.8 Å². The Morgan fingerprint density at radius 3 is 2.86 bits per heavy atom. The van der Waals surface area contributed by atoms with E-state index in [-0.39, 0.29) is 10.6 Å². The third-order valence-electron chi connectivity index (χ3n) is 2.92. The predicted octanol–water partition coefficient (Wildman–Crippen LogP) is 4.44. The second kappa shape index (κ2) is 7.73. The molecule has 0 bridgehead atoms. The molecule has 0 fully saturated rings. The number of rotatable bonds is 8. The standard InChI is InChI=1S/C15H18N2O3S/c1-2-7-16-14-9-12(5-6-15(14)17(18)19)10-21-11-13-4-3-8-20-13/h3-6,8-9,16H,2,7,10-11H2,1H3. The fourth-order valence-electron chi connectivity index (χ4n) is 1.90. The molecule has 2 rings (SSSR count). The highest BCUT2D eigenvalue weighted by atomic mass is 32.2. The molecule has 0 aliphatic rings. The van der Waals surface area contributed by atoms with Gasteiger partial charge in [-0.3, -0.25) is 10.1 Å². The molecular formula is C15H18N2O3S. The molecule has 0 saturated carbocycles. The van der Waals surface area contributed by atoms with E-state index in [9.17, 15) is 10.1 Å². The van der Waals surface area contributed by atoms with Gasteiger partial charge in [-0.2, -0.15) is 0 Å². The molecule has 1 N–H and O–H groups in total. The maximum atomic E-state index is 11.0. The number of hydrogen-bond acceptors (Lipinski definition) is 5. The fraction of sp³-hybridized carbons (Fsp3) is 0.333. The molecule has 6 heteroatoms. The van der Waals surface area contributed by atoms with E-state index in [2.05, 4.69) is 5.32 Å². The summed E-state index contributed by atoms with van der Waals surface area (Å²) in [5, 5.41) is 14.1. The number of benzene rings is 1. The minimum atomic E-state index is -0.349.